The molecule has 0 saturated heterocycles. The third-order valence-electron chi connectivity index (χ3n) is 3.32. The first-order chi connectivity index (χ1) is 7.17. The molecule has 3 unspecified atom stereocenters. The summed E-state index contributed by atoms with van der Waals surface area (Å²) in [6.45, 7) is 9.29. The van der Waals surface area contributed by atoms with E-state index in [9.17, 15) is 0 Å². The van der Waals surface area contributed by atoms with Gasteiger partial charge in [0, 0.05) is 18.7 Å². The first-order valence-electron chi connectivity index (χ1n) is 6.54. The quantitative estimate of drug-likeness (QED) is 0.620. The molecule has 3 atom stereocenters. The fourth-order valence-electron chi connectivity index (χ4n) is 1.90. The summed E-state index contributed by atoms with van der Waals surface area (Å²) in [7, 11) is 0. The van der Waals surface area contributed by atoms with E-state index in [2.05, 4.69) is 33.0 Å². The molecule has 0 radical (unpaired) electrons. The number of hydrogen-bond donors (Lipinski definition) is 2. The Balaban J connectivity index is 3.94. The predicted molar refractivity (Wildman–Crippen MR) is 67.1 cm³/mol. The first kappa shape index (κ1) is 14.9. The molecule has 0 saturated carbocycles. The molecular weight excluding hydrogens is 186 g/mol. The number of aliphatic hydroxyl groups is 1. The Morgan fingerprint density at radius 1 is 1.00 bits per heavy atom. The maximum absolute atomic E-state index is 8.94. The highest BCUT2D eigenvalue weighted by molar-refractivity contribution is 4.74. The number of rotatable bonds is 9. The zero-order valence-electron chi connectivity index (χ0n) is 10.9. The normalized spacial score (nSPS) is 17.4. The third-order valence-corrected chi connectivity index (χ3v) is 3.32. The molecular formula is C13H29NO. The van der Waals surface area contributed by atoms with Gasteiger partial charge < -0.3 is 10.4 Å². The summed E-state index contributed by atoms with van der Waals surface area (Å²) in [6.07, 6.45) is 5.70. The molecule has 92 valence electrons. The monoisotopic (exact) mass is 215 g/mol. The SMILES string of the molecule is CCC(C)CC(CC)NC(CC)CCO. The van der Waals surface area contributed by atoms with Crippen LogP contribution in [0.25, 0.3) is 0 Å². The summed E-state index contributed by atoms with van der Waals surface area (Å²) >= 11 is 0. The lowest BCUT2D eigenvalue weighted by Crippen LogP contribution is -2.39. The summed E-state index contributed by atoms with van der Waals surface area (Å²) in [5, 5.41) is 12.6. The van der Waals surface area contributed by atoms with Crippen LogP contribution in [0.4, 0.5) is 0 Å². The predicted octanol–water partition coefficient (Wildman–Crippen LogP) is 2.95. The maximum atomic E-state index is 8.94. The summed E-state index contributed by atoms with van der Waals surface area (Å²) in [5.41, 5.74) is 0. The Labute approximate surface area is 95.5 Å². The Bertz CT molecular complexity index is 138. The van der Waals surface area contributed by atoms with Gasteiger partial charge in [0.15, 0.2) is 0 Å². The lowest BCUT2D eigenvalue weighted by Gasteiger charge is -2.25. The molecule has 0 aromatic heterocycles. The van der Waals surface area contributed by atoms with E-state index in [0.717, 1.165) is 18.8 Å². The van der Waals surface area contributed by atoms with Crippen molar-refractivity contribution in [2.75, 3.05) is 6.61 Å². The van der Waals surface area contributed by atoms with Crippen LogP contribution < -0.4 is 5.32 Å². The van der Waals surface area contributed by atoms with Crippen LogP contribution in [-0.4, -0.2) is 23.8 Å². The zero-order valence-corrected chi connectivity index (χ0v) is 10.9. The molecule has 0 bridgehead atoms. The second kappa shape index (κ2) is 9.17. The van der Waals surface area contributed by atoms with Crippen LogP contribution >= 0.6 is 0 Å². The van der Waals surface area contributed by atoms with Gasteiger partial charge in [0.05, 0.1) is 0 Å². The van der Waals surface area contributed by atoms with E-state index >= 15 is 0 Å². The molecule has 2 heteroatoms. The molecule has 0 amide bonds. The van der Waals surface area contributed by atoms with E-state index in [0.29, 0.717) is 18.7 Å². The molecule has 2 nitrogen and oxygen atoms in total. The highest BCUT2D eigenvalue weighted by atomic mass is 16.3. The van der Waals surface area contributed by atoms with Crippen LogP contribution in [0.3, 0.4) is 0 Å². The summed E-state index contributed by atoms with van der Waals surface area (Å²) in [5.74, 6) is 0.800. The van der Waals surface area contributed by atoms with Crippen LogP contribution in [0.2, 0.25) is 0 Å². The minimum Gasteiger partial charge on any atom is -0.396 e. The molecule has 0 aliphatic carbocycles. The van der Waals surface area contributed by atoms with E-state index in [4.69, 9.17) is 5.11 Å². The van der Waals surface area contributed by atoms with Crippen molar-refractivity contribution >= 4 is 0 Å². The van der Waals surface area contributed by atoms with E-state index in [1.54, 1.807) is 0 Å². The van der Waals surface area contributed by atoms with Crippen LogP contribution in [0.5, 0.6) is 0 Å². The highest BCUT2D eigenvalue weighted by Gasteiger charge is 2.14. The van der Waals surface area contributed by atoms with Gasteiger partial charge in [-0.05, 0) is 31.6 Å². The highest BCUT2D eigenvalue weighted by Crippen LogP contribution is 2.13. The third kappa shape index (κ3) is 6.91. The number of nitrogens with one attached hydrogen (secondary N) is 1. The average molecular weight is 215 g/mol. The average Bonchev–Trinajstić information content (AvgIpc) is 2.26. The smallest absolute Gasteiger partial charge is 0.0445 e. The van der Waals surface area contributed by atoms with Crippen molar-refractivity contribution in [2.24, 2.45) is 5.92 Å². The number of aliphatic hydroxyl groups excluding tert-OH is 1. The van der Waals surface area contributed by atoms with Crippen molar-refractivity contribution in [2.45, 2.75) is 71.9 Å². The van der Waals surface area contributed by atoms with Crippen molar-refractivity contribution < 1.29 is 5.11 Å². The summed E-state index contributed by atoms with van der Waals surface area (Å²) in [6, 6.07) is 1.11. The van der Waals surface area contributed by atoms with Crippen LogP contribution in [-0.2, 0) is 0 Å². The lowest BCUT2D eigenvalue weighted by molar-refractivity contribution is 0.247. The molecule has 0 rings (SSSR count). The number of hydrogen-bond acceptors (Lipinski definition) is 2. The second-order valence-electron chi connectivity index (χ2n) is 4.64. The Kier molecular flexibility index (Phi) is 9.12. The van der Waals surface area contributed by atoms with Crippen LogP contribution in [0, 0.1) is 5.92 Å². The minimum atomic E-state index is 0.297. The fraction of sp³-hybridized carbons (Fsp3) is 1.00. The van der Waals surface area contributed by atoms with Crippen molar-refractivity contribution in [1.82, 2.24) is 5.32 Å². The van der Waals surface area contributed by atoms with E-state index in [1.165, 1.54) is 19.3 Å². The Morgan fingerprint density at radius 3 is 2.00 bits per heavy atom. The van der Waals surface area contributed by atoms with Gasteiger partial charge in [-0.25, -0.2) is 0 Å². The van der Waals surface area contributed by atoms with E-state index in [-0.39, 0.29) is 0 Å². The van der Waals surface area contributed by atoms with Gasteiger partial charge in [-0.3, -0.25) is 0 Å². The van der Waals surface area contributed by atoms with Gasteiger partial charge in [-0.15, -0.1) is 0 Å². The summed E-state index contributed by atoms with van der Waals surface area (Å²) < 4.78 is 0. The molecule has 0 heterocycles. The van der Waals surface area contributed by atoms with E-state index < -0.39 is 0 Å². The minimum absolute atomic E-state index is 0.297. The first-order valence-corrected chi connectivity index (χ1v) is 6.54. The van der Waals surface area contributed by atoms with Gasteiger partial charge in [-0.2, -0.15) is 0 Å². The van der Waals surface area contributed by atoms with Gasteiger partial charge in [-0.1, -0.05) is 34.1 Å². The van der Waals surface area contributed by atoms with E-state index in [1.807, 2.05) is 0 Å². The molecule has 0 aromatic carbocycles. The molecule has 0 fully saturated rings. The molecule has 2 N–H and O–H groups in total. The Hall–Kier alpha value is -0.0800. The molecule has 0 aromatic rings. The lowest BCUT2D eigenvalue weighted by atomic mass is 9.96. The van der Waals surface area contributed by atoms with Gasteiger partial charge in [0.2, 0.25) is 0 Å². The fourth-order valence-corrected chi connectivity index (χ4v) is 1.90. The van der Waals surface area contributed by atoms with Gasteiger partial charge >= 0.3 is 0 Å². The molecule has 15 heavy (non-hydrogen) atoms. The Morgan fingerprint density at radius 2 is 1.60 bits per heavy atom. The van der Waals surface area contributed by atoms with Crippen molar-refractivity contribution in [1.29, 1.82) is 0 Å². The van der Waals surface area contributed by atoms with Crippen LogP contribution in [0.1, 0.15) is 59.8 Å². The standard InChI is InChI=1S/C13H29NO/c1-5-11(4)10-13(7-3)14-12(6-2)8-9-15/h11-15H,5-10H2,1-4H3. The van der Waals surface area contributed by atoms with Gasteiger partial charge in [0.1, 0.15) is 0 Å². The zero-order chi connectivity index (χ0) is 11.7. The van der Waals surface area contributed by atoms with Crippen molar-refractivity contribution in [3.05, 3.63) is 0 Å². The largest absolute Gasteiger partial charge is 0.396 e. The summed E-state index contributed by atoms with van der Waals surface area (Å²) in [4.78, 5) is 0. The van der Waals surface area contributed by atoms with Crippen LogP contribution in [0.15, 0.2) is 0 Å². The molecule has 0 spiro atoms. The van der Waals surface area contributed by atoms with Crippen molar-refractivity contribution in [3.63, 3.8) is 0 Å². The molecule has 0 aliphatic rings. The topological polar surface area (TPSA) is 32.3 Å². The van der Waals surface area contributed by atoms with Crippen molar-refractivity contribution in [3.8, 4) is 0 Å². The second-order valence-corrected chi connectivity index (χ2v) is 4.64. The molecule has 0 aliphatic heterocycles. The maximum Gasteiger partial charge on any atom is 0.0445 e. The van der Waals surface area contributed by atoms with Gasteiger partial charge in [0.25, 0.3) is 0 Å².